The van der Waals surface area contributed by atoms with Crippen molar-refractivity contribution >= 4 is 11.9 Å². The van der Waals surface area contributed by atoms with Gasteiger partial charge in [0.15, 0.2) is 0 Å². The van der Waals surface area contributed by atoms with E-state index in [0.717, 1.165) is 11.1 Å². The van der Waals surface area contributed by atoms with Gasteiger partial charge in [0.1, 0.15) is 6.04 Å². The standard InChI is InChI=1S/C15H19NO3/c1-4-5-6-13(15(18)19)16-14(17)12-8-10(2)7-11(3)9-12/h4,7-9,13H,1,5-6H2,2-3H3,(H,16,17)(H,18,19)/t13-/m0/s1. The molecule has 0 aliphatic carbocycles. The second-order valence-electron chi connectivity index (χ2n) is 4.61. The molecule has 19 heavy (non-hydrogen) atoms. The monoisotopic (exact) mass is 261 g/mol. The Kier molecular flexibility index (Phi) is 5.30. The van der Waals surface area contributed by atoms with Gasteiger partial charge >= 0.3 is 5.97 Å². The summed E-state index contributed by atoms with van der Waals surface area (Å²) in [6.07, 6.45) is 2.53. The van der Waals surface area contributed by atoms with E-state index in [4.69, 9.17) is 5.11 Å². The number of benzene rings is 1. The van der Waals surface area contributed by atoms with Gasteiger partial charge in [-0.05, 0) is 38.8 Å². The highest BCUT2D eigenvalue weighted by molar-refractivity contribution is 5.96. The molecule has 0 aromatic heterocycles. The molecule has 0 bridgehead atoms. The highest BCUT2D eigenvalue weighted by Crippen LogP contribution is 2.09. The molecule has 1 amide bonds. The molecular weight excluding hydrogens is 242 g/mol. The average Bonchev–Trinajstić information content (AvgIpc) is 2.32. The van der Waals surface area contributed by atoms with Crippen LogP contribution in [0.15, 0.2) is 30.9 Å². The molecule has 1 aromatic carbocycles. The van der Waals surface area contributed by atoms with E-state index in [9.17, 15) is 9.59 Å². The molecule has 0 unspecified atom stereocenters. The van der Waals surface area contributed by atoms with E-state index in [1.54, 1.807) is 18.2 Å². The highest BCUT2D eigenvalue weighted by atomic mass is 16.4. The number of aryl methyl sites for hydroxylation is 2. The summed E-state index contributed by atoms with van der Waals surface area (Å²) in [6, 6.07) is 4.57. The van der Waals surface area contributed by atoms with Crippen LogP contribution in [0.2, 0.25) is 0 Å². The summed E-state index contributed by atoms with van der Waals surface area (Å²) in [5, 5.41) is 11.6. The van der Waals surface area contributed by atoms with Gasteiger partial charge in [0.05, 0.1) is 0 Å². The largest absolute Gasteiger partial charge is 0.480 e. The number of aliphatic carboxylic acids is 1. The average molecular weight is 261 g/mol. The predicted molar refractivity (Wildman–Crippen MR) is 74.2 cm³/mol. The molecule has 0 fully saturated rings. The maximum atomic E-state index is 12.0. The smallest absolute Gasteiger partial charge is 0.326 e. The third-order valence-electron chi connectivity index (χ3n) is 2.75. The van der Waals surface area contributed by atoms with Crippen molar-refractivity contribution in [1.29, 1.82) is 0 Å². The molecule has 4 nitrogen and oxygen atoms in total. The Balaban J connectivity index is 2.81. The second kappa shape index (κ2) is 6.73. The molecule has 0 spiro atoms. The Morgan fingerprint density at radius 1 is 1.32 bits per heavy atom. The summed E-state index contributed by atoms with van der Waals surface area (Å²) in [7, 11) is 0. The van der Waals surface area contributed by atoms with Crippen molar-refractivity contribution in [2.24, 2.45) is 0 Å². The Labute approximate surface area is 113 Å². The fourth-order valence-corrected chi connectivity index (χ4v) is 1.89. The highest BCUT2D eigenvalue weighted by Gasteiger charge is 2.19. The number of hydrogen-bond acceptors (Lipinski definition) is 2. The summed E-state index contributed by atoms with van der Waals surface area (Å²) in [5.41, 5.74) is 2.44. The van der Waals surface area contributed by atoms with Crippen molar-refractivity contribution in [3.05, 3.63) is 47.5 Å². The molecule has 4 heteroatoms. The van der Waals surface area contributed by atoms with Crippen molar-refractivity contribution in [3.8, 4) is 0 Å². The minimum atomic E-state index is -1.03. The summed E-state index contributed by atoms with van der Waals surface area (Å²) < 4.78 is 0. The molecule has 0 aliphatic rings. The van der Waals surface area contributed by atoms with Crippen molar-refractivity contribution < 1.29 is 14.7 Å². The SMILES string of the molecule is C=CCC[C@H](NC(=O)c1cc(C)cc(C)c1)C(=O)O. The lowest BCUT2D eigenvalue weighted by molar-refractivity contribution is -0.139. The second-order valence-corrected chi connectivity index (χ2v) is 4.61. The molecular formula is C15H19NO3. The quantitative estimate of drug-likeness (QED) is 0.773. The molecule has 1 rings (SSSR count). The first kappa shape index (κ1) is 15.0. The molecule has 0 radical (unpaired) electrons. The van der Waals surface area contributed by atoms with E-state index >= 15 is 0 Å². The number of amides is 1. The first-order valence-corrected chi connectivity index (χ1v) is 6.17. The summed E-state index contributed by atoms with van der Waals surface area (Å²) in [5.74, 6) is -1.39. The van der Waals surface area contributed by atoms with Gasteiger partial charge in [0.25, 0.3) is 5.91 Å². The maximum Gasteiger partial charge on any atom is 0.326 e. The number of nitrogens with one attached hydrogen (secondary N) is 1. The van der Waals surface area contributed by atoms with Crippen LogP contribution in [0, 0.1) is 13.8 Å². The number of carbonyl (C=O) groups is 2. The number of carboxylic acids is 1. The fraction of sp³-hybridized carbons (Fsp3) is 0.333. The van der Waals surface area contributed by atoms with Gasteiger partial charge in [-0.15, -0.1) is 6.58 Å². The number of allylic oxidation sites excluding steroid dienone is 1. The maximum absolute atomic E-state index is 12.0. The van der Waals surface area contributed by atoms with E-state index in [1.165, 1.54) is 0 Å². The molecule has 2 N–H and O–H groups in total. The third kappa shape index (κ3) is 4.58. The lowest BCUT2D eigenvalue weighted by Gasteiger charge is -2.14. The van der Waals surface area contributed by atoms with E-state index in [0.29, 0.717) is 18.4 Å². The van der Waals surface area contributed by atoms with Crippen LogP contribution < -0.4 is 5.32 Å². The van der Waals surface area contributed by atoms with Gasteiger partial charge in [-0.3, -0.25) is 4.79 Å². The van der Waals surface area contributed by atoms with Crippen LogP contribution in [0.25, 0.3) is 0 Å². The first-order chi connectivity index (χ1) is 8.93. The molecule has 102 valence electrons. The van der Waals surface area contributed by atoms with Crippen molar-refractivity contribution in [2.45, 2.75) is 32.7 Å². The molecule has 0 aliphatic heterocycles. The predicted octanol–water partition coefficient (Wildman–Crippen LogP) is 2.45. The summed E-state index contributed by atoms with van der Waals surface area (Å²) in [6.45, 7) is 7.34. The van der Waals surface area contributed by atoms with Gasteiger partial charge in [0.2, 0.25) is 0 Å². The lowest BCUT2D eigenvalue weighted by Crippen LogP contribution is -2.40. The minimum absolute atomic E-state index is 0.343. The molecule has 0 saturated carbocycles. The van der Waals surface area contributed by atoms with Crippen LogP contribution in [-0.4, -0.2) is 23.0 Å². The van der Waals surface area contributed by atoms with Crippen molar-refractivity contribution in [3.63, 3.8) is 0 Å². The lowest BCUT2D eigenvalue weighted by atomic mass is 10.1. The third-order valence-corrected chi connectivity index (χ3v) is 2.75. The minimum Gasteiger partial charge on any atom is -0.480 e. The van der Waals surface area contributed by atoms with Crippen molar-refractivity contribution in [2.75, 3.05) is 0 Å². The zero-order valence-electron chi connectivity index (χ0n) is 11.3. The van der Waals surface area contributed by atoms with Crippen LogP contribution in [0.1, 0.15) is 34.3 Å². The summed E-state index contributed by atoms with van der Waals surface area (Å²) >= 11 is 0. The van der Waals surface area contributed by atoms with Crippen LogP contribution >= 0.6 is 0 Å². The fourth-order valence-electron chi connectivity index (χ4n) is 1.89. The topological polar surface area (TPSA) is 66.4 Å². The van der Waals surface area contributed by atoms with Gasteiger partial charge in [0, 0.05) is 5.56 Å². The normalized spacial score (nSPS) is 11.7. The van der Waals surface area contributed by atoms with Crippen LogP contribution in [0.5, 0.6) is 0 Å². The molecule has 1 atom stereocenters. The van der Waals surface area contributed by atoms with Gasteiger partial charge in [-0.25, -0.2) is 4.79 Å². The molecule has 0 heterocycles. The van der Waals surface area contributed by atoms with E-state index in [1.807, 2.05) is 19.9 Å². The zero-order valence-corrected chi connectivity index (χ0v) is 11.3. The van der Waals surface area contributed by atoms with Gasteiger partial charge in [-0.2, -0.15) is 0 Å². The van der Waals surface area contributed by atoms with Crippen LogP contribution in [0.4, 0.5) is 0 Å². The van der Waals surface area contributed by atoms with E-state index in [2.05, 4.69) is 11.9 Å². The van der Waals surface area contributed by atoms with E-state index < -0.39 is 12.0 Å². The molecule has 0 saturated heterocycles. The molecule has 1 aromatic rings. The number of carbonyl (C=O) groups excluding carboxylic acids is 1. The zero-order chi connectivity index (χ0) is 14.4. The number of carboxylic acid groups (broad SMARTS) is 1. The Morgan fingerprint density at radius 2 is 1.89 bits per heavy atom. The number of rotatable bonds is 6. The number of hydrogen-bond donors (Lipinski definition) is 2. The summed E-state index contributed by atoms with van der Waals surface area (Å²) in [4.78, 5) is 23.1. The van der Waals surface area contributed by atoms with Gasteiger partial charge < -0.3 is 10.4 Å². The Hall–Kier alpha value is -2.10. The first-order valence-electron chi connectivity index (χ1n) is 6.17. The van der Waals surface area contributed by atoms with Crippen LogP contribution in [0.3, 0.4) is 0 Å². The Bertz CT molecular complexity index is 474. The van der Waals surface area contributed by atoms with E-state index in [-0.39, 0.29) is 5.91 Å². The van der Waals surface area contributed by atoms with Crippen molar-refractivity contribution in [1.82, 2.24) is 5.32 Å². The van der Waals surface area contributed by atoms with Gasteiger partial charge in [-0.1, -0.05) is 23.3 Å². The Morgan fingerprint density at radius 3 is 2.37 bits per heavy atom. The van der Waals surface area contributed by atoms with Crippen LogP contribution in [-0.2, 0) is 4.79 Å².